The molecule has 0 heterocycles. The van der Waals surface area contributed by atoms with Gasteiger partial charge < -0.3 is 5.32 Å². The van der Waals surface area contributed by atoms with Gasteiger partial charge in [0.2, 0.25) is 5.91 Å². The molecular formula is C9H13BrF3NO. The van der Waals surface area contributed by atoms with Crippen LogP contribution in [-0.4, -0.2) is 23.5 Å². The Labute approximate surface area is 94.7 Å². The minimum Gasteiger partial charge on any atom is -0.355 e. The van der Waals surface area contributed by atoms with Gasteiger partial charge in [0.25, 0.3) is 0 Å². The number of hydrogen-bond acceptors (Lipinski definition) is 1. The van der Waals surface area contributed by atoms with Crippen molar-refractivity contribution in [3.63, 3.8) is 0 Å². The third-order valence-corrected chi connectivity index (χ3v) is 3.33. The van der Waals surface area contributed by atoms with Crippen molar-refractivity contribution in [2.75, 3.05) is 6.54 Å². The molecule has 6 heteroatoms. The van der Waals surface area contributed by atoms with Gasteiger partial charge in [0.05, 0.1) is 6.42 Å². The summed E-state index contributed by atoms with van der Waals surface area (Å²) in [5, 5.41) is 2.49. The highest BCUT2D eigenvalue weighted by atomic mass is 79.9. The fourth-order valence-corrected chi connectivity index (χ4v) is 1.87. The van der Waals surface area contributed by atoms with E-state index in [1.807, 2.05) is 0 Å². The van der Waals surface area contributed by atoms with Crippen LogP contribution in [0.2, 0.25) is 0 Å². The summed E-state index contributed by atoms with van der Waals surface area (Å²) in [6.07, 6.45) is -3.51. The van der Waals surface area contributed by atoms with Crippen molar-refractivity contribution in [2.45, 2.75) is 36.7 Å². The predicted octanol–water partition coefficient (Wildman–Crippen LogP) is 2.62. The lowest BCUT2D eigenvalue weighted by Gasteiger charge is -2.10. The number of rotatable bonds is 5. The van der Waals surface area contributed by atoms with Crippen LogP contribution in [0.4, 0.5) is 13.2 Å². The summed E-state index contributed by atoms with van der Waals surface area (Å²) in [6.45, 7) is 0.418. The zero-order valence-corrected chi connectivity index (χ0v) is 9.70. The molecule has 1 amide bonds. The highest BCUT2D eigenvalue weighted by molar-refractivity contribution is 9.09. The molecule has 15 heavy (non-hydrogen) atoms. The van der Waals surface area contributed by atoms with Crippen molar-refractivity contribution in [3.05, 3.63) is 0 Å². The van der Waals surface area contributed by atoms with Crippen LogP contribution in [0, 0.1) is 5.92 Å². The molecule has 0 radical (unpaired) electrons. The van der Waals surface area contributed by atoms with Crippen molar-refractivity contribution in [2.24, 2.45) is 5.92 Å². The van der Waals surface area contributed by atoms with Crippen LogP contribution in [0.5, 0.6) is 0 Å². The van der Waals surface area contributed by atoms with Gasteiger partial charge in [-0.2, -0.15) is 13.2 Å². The summed E-state index contributed by atoms with van der Waals surface area (Å²) in [4.78, 5) is 11.2. The molecule has 1 saturated carbocycles. The summed E-state index contributed by atoms with van der Waals surface area (Å²) in [5.41, 5.74) is 0. The van der Waals surface area contributed by atoms with Gasteiger partial charge in [0, 0.05) is 17.8 Å². The van der Waals surface area contributed by atoms with E-state index in [1.54, 1.807) is 0 Å². The second-order valence-corrected chi connectivity index (χ2v) is 4.95. The Hall–Kier alpha value is -0.260. The molecule has 2 nitrogen and oxygen atoms in total. The molecule has 0 saturated heterocycles. The SMILES string of the molecule is O=C(CCC(F)(F)F)NCC(Br)C1CC1. The Morgan fingerprint density at radius 3 is 2.53 bits per heavy atom. The van der Waals surface area contributed by atoms with Crippen LogP contribution in [0.1, 0.15) is 25.7 Å². The number of halogens is 4. The Morgan fingerprint density at radius 1 is 1.47 bits per heavy atom. The lowest BCUT2D eigenvalue weighted by Crippen LogP contribution is -2.31. The normalized spacial score (nSPS) is 18.7. The van der Waals surface area contributed by atoms with E-state index in [0.717, 1.165) is 12.8 Å². The van der Waals surface area contributed by atoms with E-state index in [0.29, 0.717) is 12.5 Å². The molecule has 88 valence electrons. The smallest absolute Gasteiger partial charge is 0.355 e. The number of carbonyl (C=O) groups is 1. The molecule has 0 spiro atoms. The van der Waals surface area contributed by atoms with Crippen LogP contribution >= 0.6 is 15.9 Å². The maximum atomic E-state index is 11.8. The van der Waals surface area contributed by atoms with Crippen LogP contribution in [0.3, 0.4) is 0 Å². The fraction of sp³-hybridized carbons (Fsp3) is 0.889. The fourth-order valence-electron chi connectivity index (χ4n) is 1.18. The lowest BCUT2D eigenvalue weighted by molar-refractivity contribution is -0.144. The Morgan fingerprint density at radius 2 is 2.07 bits per heavy atom. The second kappa shape index (κ2) is 5.18. The number of hydrogen-bond donors (Lipinski definition) is 1. The zero-order valence-electron chi connectivity index (χ0n) is 8.11. The summed E-state index contributed by atoms with van der Waals surface area (Å²) < 4.78 is 35.3. The van der Waals surface area contributed by atoms with E-state index >= 15 is 0 Å². The van der Waals surface area contributed by atoms with Crippen LogP contribution in [-0.2, 0) is 4.79 Å². The van der Waals surface area contributed by atoms with Gasteiger partial charge in [-0.05, 0) is 18.8 Å². The quantitative estimate of drug-likeness (QED) is 0.774. The molecular weight excluding hydrogens is 275 g/mol. The van der Waals surface area contributed by atoms with Crippen molar-refractivity contribution in [1.29, 1.82) is 0 Å². The minimum absolute atomic E-state index is 0.201. The molecule has 0 aromatic rings. The molecule has 1 aliphatic rings. The highest BCUT2D eigenvalue weighted by Crippen LogP contribution is 2.36. The van der Waals surface area contributed by atoms with Gasteiger partial charge in [-0.3, -0.25) is 4.79 Å². The molecule has 0 aliphatic heterocycles. The van der Waals surface area contributed by atoms with Crippen molar-refractivity contribution in [1.82, 2.24) is 5.32 Å². The molecule has 0 aromatic heterocycles. The lowest BCUT2D eigenvalue weighted by atomic mass is 10.2. The first-order valence-electron chi connectivity index (χ1n) is 4.86. The predicted molar refractivity (Wildman–Crippen MR) is 53.7 cm³/mol. The van der Waals surface area contributed by atoms with Gasteiger partial charge in [-0.15, -0.1) is 0 Å². The Balaban J connectivity index is 2.07. The maximum absolute atomic E-state index is 11.8. The average molecular weight is 288 g/mol. The third kappa shape index (κ3) is 6.02. The van der Waals surface area contributed by atoms with Crippen LogP contribution in [0.25, 0.3) is 0 Å². The van der Waals surface area contributed by atoms with Gasteiger partial charge in [-0.25, -0.2) is 0 Å². The van der Waals surface area contributed by atoms with E-state index in [4.69, 9.17) is 0 Å². The summed E-state index contributed by atoms with van der Waals surface area (Å²) >= 11 is 3.39. The second-order valence-electron chi connectivity index (χ2n) is 3.77. The number of carbonyl (C=O) groups excluding carboxylic acids is 1. The first-order chi connectivity index (χ1) is 6.88. The molecule has 1 N–H and O–H groups in total. The monoisotopic (exact) mass is 287 g/mol. The summed E-state index contributed by atoms with van der Waals surface area (Å²) in [6, 6.07) is 0. The molecule has 1 aliphatic carbocycles. The average Bonchev–Trinajstić information content (AvgIpc) is 2.92. The third-order valence-electron chi connectivity index (χ3n) is 2.26. The van der Waals surface area contributed by atoms with Crippen molar-refractivity contribution < 1.29 is 18.0 Å². The van der Waals surface area contributed by atoms with E-state index < -0.39 is 24.9 Å². The largest absolute Gasteiger partial charge is 0.389 e. The van der Waals surface area contributed by atoms with E-state index in [1.165, 1.54) is 0 Å². The van der Waals surface area contributed by atoms with Gasteiger partial charge in [-0.1, -0.05) is 15.9 Å². The molecule has 1 unspecified atom stereocenters. The number of nitrogens with one attached hydrogen (secondary N) is 1. The Bertz CT molecular complexity index is 228. The standard InChI is InChI=1S/C9H13BrF3NO/c10-7(6-1-2-6)5-14-8(15)3-4-9(11,12)13/h6-7H,1-5H2,(H,14,15). The first kappa shape index (κ1) is 12.8. The van der Waals surface area contributed by atoms with Gasteiger partial charge >= 0.3 is 6.18 Å². The molecule has 0 bridgehead atoms. The van der Waals surface area contributed by atoms with Crippen LogP contribution < -0.4 is 5.32 Å². The van der Waals surface area contributed by atoms with E-state index in [9.17, 15) is 18.0 Å². The van der Waals surface area contributed by atoms with Crippen molar-refractivity contribution in [3.8, 4) is 0 Å². The molecule has 1 rings (SSSR count). The molecule has 0 aromatic carbocycles. The van der Waals surface area contributed by atoms with E-state index in [2.05, 4.69) is 21.2 Å². The maximum Gasteiger partial charge on any atom is 0.389 e. The van der Waals surface area contributed by atoms with Crippen molar-refractivity contribution >= 4 is 21.8 Å². The summed E-state index contributed by atoms with van der Waals surface area (Å²) in [5.74, 6) is 0.0466. The van der Waals surface area contributed by atoms with Gasteiger partial charge in [0.15, 0.2) is 0 Å². The van der Waals surface area contributed by atoms with Gasteiger partial charge in [0.1, 0.15) is 0 Å². The number of amides is 1. The Kier molecular flexibility index (Phi) is 4.43. The summed E-state index contributed by atoms with van der Waals surface area (Å²) in [7, 11) is 0. The highest BCUT2D eigenvalue weighted by Gasteiger charge is 2.30. The van der Waals surface area contributed by atoms with E-state index in [-0.39, 0.29) is 4.83 Å². The number of alkyl halides is 4. The first-order valence-corrected chi connectivity index (χ1v) is 5.77. The zero-order chi connectivity index (χ0) is 11.5. The topological polar surface area (TPSA) is 29.1 Å². The van der Waals surface area contributed by atoms with Crippen LogP contribution in [0.15, 0.2) is 0 Å². The molecule has 1 fully saturated rings. The minimum atomic E-state index is -4.25. The molecule has 1 atom stereocenters.